The maximum absolute atomic E-state index is 11.3. The van der Waals surface area contributed by atoms with Crippen LogP contribution in [0.3, 0.4) is 0 Å². The van der Waals surface area contributed by atoms with Gasteiger partial charge in [0.15, 0.2) is 0 Å². The minimum atomic E-state index is 0.229. The minimum Gasteiger partial charge on any atom is -0.356 e. The molecular formula is C10H14N2OS. The average molecular weight is 210 g/mol. The molecule has 0 aromatic carbocycles. The molecule has 76 valence electrons. The lowest BCUT2D eigenvalue weighted by atomic mass is 10.0. The van der Waals surface area contributed by atoms with Crippen LogP contribution in [0.1, 0.15) is 23.4 Å². The summed E-state index contributed by atoms with van der Waals surface area (Å²) < 4.78 is 0. The SMILES string of the molecule is Cc1ncsc1CCC1CCNC1=O. The Kier molecular flexibility index (Phi) is 2.82. The molecule has 1 N–H and O–H groups in total. The predicted octanol–water partition coefficient (Wildman–Crippen LogP) is 1.52. The Hall–Kier alpha value is -0.900. The van der Waals surface area contributed by atoms with Gasteiger partial charge in [0.2, 0.25) is 5.91 Å². The molecule has 1 unspecified atom stereocenters. The standard InChI is InChI=1S/C10H14N2OS/c1-7-9(14-6-12-7)3-2-8-4-5-11-10(8)13/h6,8H,2-5H2,1H3,(H,11,13). The molecule has 3 nitrogen and oxygen atoms in total. The van der Waals surface area contributed by atoms with E-state index in [9.17, 15) is 4.79 Å². The normalized spacial score (nSPS) is 21.2. The number of carbonyl (C=O) groups is 1. The van der Waals surface area contributed by atoms with Gasteiger partial charge in [-0.25, -0.2) is 4.98 Å². The largest absolute Gasteiger partial charge is 0.356 e. The van der Waals surface area contributed by atoms with Crippen molar-refractivity contribution in [1.29, 1.82) is 0 Å². The van der Waals surface area contributed by atoms with Gasteiger partial charge < -0.3 is 5.32 Å². The summed E-state index contributed by atoms with van der Waals surface area (Å²) in [6.07, 6.45) is 2.96. The Balaban J connectivity index is 1.88. The van der Waals surface area contributed by atoms with E-state index in [1.165, 1.54) is 4.88 Å². The first kappa shape index (κ1) is 9.65. The van der Waals surface area contributed by atoms with Crippen molar-refractivity contribution >= 4 is 17.2 Å². The highest BCUT2D eigenvalue weighted by molar-refractivity contribution is 7.09. The molecule has 0 aliphatic carbocycles. The Morgan fingerprint density at radius 3 is 3.14 bits per heavy atom. The van der Waals surface area contributed by atoms with E-state index >= 15 is 0 Å². The maximum Gasteiger partial charge on any atom is 0.223 e. The van der Waals surface area contributed by atoms with E-state index in [4.69, 9.17) is 0 Å². The van der Waals surface area contributed by atoms with Gasteiger partial charge in [0, 0.05) is 17.3 Å². The zero-order valence-electron chi connectivity index (χ0n) is 8.25. The summed E-state index contributed by atoms with van der Waals surface area (Å²) in [6.45, 7) is 2.88. The summed E-state index contributed by atoms with van der Waals surface area (Å²) in [7, 11) is 0. The molecule has 1 aliphatic heterocycles. The van der Waals surface area contributed by atoms with Crippen molar-refractivity contribution in [3.8, 4) is 0 Å². The lowest BCUT2D eigenvalue weighted by Crippen LogP contribution is -2.19. The topological polar surface area (TPSA) is 42.0 Å². The van der Waals surface area contributed by atoms with Gasteiger partial charge in [-0.15, -0.1) is 11.3 Å². The number of nitrogens with one attached hydrogen (secondary N) is 1. The first-order valence-corrected chi connectivity index (χ1v) is 5.82. The van der Waals surface area contributed by atoms with E-state index in [0.29, 0.717) is 0 Å². The van der Waals surface area contributed by atoms with Gasteiger partial charge in [0.05, 0.1) is 11.2 Å². The molecule has 0 saturated carbocycles. The lowest BCUT2D eigenvalue weighted by Gasteiger charge is -2.04. The first-order valence-electron chi connectivity index (χ1n) is 4.94. The van der Waals surface area contributed by atoms with E-state index in [1.54, 1.807) is 11.3 Å². The zero-order valence-corrected chi connectivity index (χ0v) is 9.06. The van der Waals surface area contributed by atoms with E-state index in [2.05, 4.69) is 10.3 Å². The molecule has 14 heavy (non-hydrogen) atoms. The fourth-order valence-electron chi connectivity index (χ4n) is 1.79. The van der Waals surface area contributed by atoms with Gasteiger partial charge in [-0.2, -0.15) is 0 Å². The molecule has 0 radical (unpaired) electrons. The molecule has 1 aliphatic rings. The molecule has 1 saturated heterocycles. The van der Waals surface area contributed by atoms with Crippen molar-refractivity contribution < 1.29 is 4.79 Å². The minimum absolute atomic E-state index is 0.229. The average Bonchev–Trinajstić information content (AvgIpc) is 2.72. The lowest BCUT2D eigenvalue weighted by molar-refractivity contribution is -0.122. The third-order valence-electron chi connectivity index (χ3n) is 2.73. The van der Waals surface area contributed by atoms with E-state index < -0.39 is 0 Å². The number of aromatic nitrogens is 1. The third kappa shape index (κ3) is 1.95. The molecule has 1 aromatic heterocycles. The van der Waals surface area contributed by atoms with Crippen molar-refractivity contribution in [1.82, 2.24) is 10.3 Å². The van der Waals surface area contributed by atoms with Crippen LogP contribution in [-0.4, -0.2) is 17.4 Å². The number of carbonyl (C=O) groups excluding carboxylic acids is 1. The van der Waals surface area contributed by atoms with Gasteiger partial charge in [-0.05, 0) is 26.2 Å². The highest BCUT2D eigenvalue weighted by Crippen LogP contribution is 2.20. The fraction of sp³-hybridized carbons (Fsp3) is 0.600. The molecule has 2 rings (SSSR count). The molecule has 4 heteroatoms. The monoisotopic (exact) mass is 210 g/mol. The summed E-state index contributed by atoms with van der Waals surface area (Å²) in [5.41, 5.74) is 2.99. The smallest absolute Gasteiger partial charge is 0.223 e. The van der Waals surface area contributed by atoms with Crippen LogP contribution in [-0.2, 0) is 11.2 Å². The molecule has 1 fully saturated rings. The summed E-state index contributed by atoms with van der Waals surface area (Å²) >= 11 is 1.69. The van der Waals surface area contributed by atoms with Crippen molar-refractivity contribution in [2.24, 2.45) is 5.92 Å². The van der Waals surface area contributed by atoms with Gasteiger partial charge in [-0.3, -0.25) is 4.79 Å². The molecular weight excluding hydrogens is 196 g/mol. The number of rotatable bonds is 3. The highest BCUT2D eigenvalue weighted by atomic mass is 32.1. The summed E-state index contributed by atoms with van der Waals surface area (Å²) in [5.74, 6) is 0.462. The zero-order chi connectivity index (χ0) is 9.97. The third-order valence-corrected chi connectivity index (χ3v) is 3.72. The highest BCUT2D eigenvalue weighted by Gasteiger charge is 2.23. The molecule has 1 amide bonds. The van der Waals surface area contributed by atoms with Crippen LogP contribution in [0.5, 0.6) is 0 Å². The summed E-state index contributed by atoms with van der Waals surface area (Å²) in [6, 6.07) is 0. The number of hydrogen-bond donors (Lipinski definition) is 1. The van der Waals surface area contributed by atoms with Gasteiger partial charge in [0.25, 0.3) is 0 Å². The van der Waals surface area contributed by atoms with Crippen molar-refractivity contribution in [3.63, 3.8) is 0 Å². The molecule has 0 bridgehead atoms. The van der Waals surface area contributed by atoms with E-state index in [-0.39, 0.29) is 11.8 Å². The molecule has 1 atom stereocenters. The second-order valence-corrected chi connectivity index (χ2v) is 4.62. The molecule has 2 heterocycles. The first-order chi connectivity index (χ1) is 6.77. The van der Waals surface area contributed by atoms with Gasteiger partial charge >= 0.3 is 0 Å². The maximum atomic E-state index is 11.3. The number of thiazole rings is 1. The fourth-order valence-corrected chi connectivity index (χ4v) is 2.59. The second-order valence-electron chi connectivity index (χ2n) is 3.68. The van der Waals surface area contributed by atoms with Crippen LogP contribution >= 0.6 is 11.3 Å². The van der Waals surface area contributed by atoms with Gasteiger partial charge in [-0.1, -0.05) is 0 Å². The Bertz CT molecular complexity index is 335. The van der Waals surface area contributed by atoms with Crippen molar-refractivity contribution in [3.05, 3.63) is 16.1 Å². The summed E-state index contributed by atoms with van der Waals surface area (Å²) in [4.78, 5) is 16.8. The number of aryl methyl sites for hydroxylation is 2. The quantitative estimate of drug-likeness (QED) is 0.822. The molecule has 1 aromatic rings. The van der Waals surface area contributed by atoms with Crippen molar-refractivity contribution in [2.75, 3.05) is 6.54 Å². The van der Waals surface area contributed by atoms with Gasteiger partial charge in [0.1, 0.15) is 0 Å². The number of amides is 1. The second kappa shape index (κ2) is 4.09. The van der Waals surface area contributed by atoms with Crippen LogP contribution in [0.2, 0.25) is 0 Å². The predicted molar refractivity (Wildman–Crippen MR) is 56.3 cm³/mol. The Morgan fingerprint density at radius 2 is 2.57 bits per heavy atom. The Morgan fingerprint density at radius 1 is 1.71 bits per heavy atom. The van der Waals surface area contributed by atoms with Crippen LogP contribution in [0.4, 0.5) is 0 Å². The van der Waals surface area contributed by atoms with Crippen LogP contribution < -0.4 is 5.32 Å². The van der Waals surface area contributed by atoms with Crippen LogP contribution in [0, 0.1) is 12.8 Å². The van der Waals surface area contributed by atoms with Crippen LogP contribution in [0.25, 0.3) is 0 Å². The van der Waals surface area contributed by atoms with Crippen molar-refractivity contribution in [2.45, 2.75) is 26.2 Å². The number of nitrogens with zero attached hydrogens (tertiary/aromatic N) is 1. The van der Waals surface area contributed by atoms with E-state index in [0.717, 1.165) is 31.5 Å². The summed E-state index contributed by atoms with van der Waals surface area (Å²) in [5, 5.41) is 2.86. The van der Waals surface area contributed by atoms with Crippen LogP contribution in [0.15, 0.2) is 5.51 Å². The van der Waals surface area contributed by atoms with E-state index in [1.807, 2.05) is 12.4 Å². The Labute approximate surface area is 87.6 Å². The number of hydrogen-bond acceptors (Lipinski definition) is 3. The molecule has 0 spiro atoms.